The Morgan fingerprint density at radius 1 is 1.36 bits per heavy atom. The molecule has 0 atom stereocenters. The van der Waals surface area contributed by atoms with E-state index >= 15 is 0 Å². The molecule has 2 N–H and O–H groups in total. The van der Waals surface area contributed by atoms with Crippen molar-refractivity contribution in [1.82, 2.24) is 10.6 Å². The van der Waals surface area contributed by atoms with Crippen LogP contribution >= 0.6 is 0 Å². The van der Waals surface area contributed by atoms with Crippen LogP contribution in [-0.2, 0) is 0 Å². The minimum atomic E-state index is -0.113. The Balaban J connectivity index is 3.37. The van der Waals surface area contributed by atoms with Gasteiger partial charge in [0.2, 0.25) is 0 Å². The third-order valence-electron chi connectivity index (χ3n) is 1.76. The quantitative estimate of drug-likeness (QED) is 0.633. The zero-order valence-corrected chi connectivity index (χ0v) is 9.47. The van der Waals surface area contributed by atoms with Gasteiger partial charge in [0, 0.05) is 12.7 Å². The molecule has 2 amide bonds. The van der Waals surface area contributed by atoms with Crippen molar-refractivity contribution in [3.63, 3.8) is 0 Å². The molecule has 0 unspecified atom stereocenters. The second-order valence-electron chi connectivity index (χ2n) is 3.71. The van der Waals surface area contributed by atoms with Gasteiger partial charge in [0.15, 0.2) is 0 Å². The summed E-state index contributed by atoms with van der Waals surface area (Å²) in [5.74, 6) is 0.468. The average molecular weight is 198 g/mol. The smallest absolute Gasteiger partial charge is 0.318 e. The molecule has 0 aliphatic carbocycles. The van der Waals surface area contributed by atoms with Crippen molar-refractivity contribution in [3.8, 4) is 0 Å². The summed E-state index contributed by atoms with van der Waals surface area (Å²) in [6.07, 6.45) is 7.04. The van der Waals surface area contributed by atoms with Crippen LogP contribution in [0.15, 0.2) is 12.3 Å². The maximum absolute atomic E-state index is 11.1. The number of allylic oxidation sites excluding steroid dienone is 1. The Morgan fingerprint density at radius 2 is 2.07 bits per heavy atom. The van der Waals surface area contributed by atoms with Crippen molar-refractivity contribution in [2.75, 3.05) is 6.54 Å². The van der Waals surface area contributed by atoms with E-state index in [4.69, 9.17) is 0 Å². The molecule has 0 fully saturated rings. The maximum atomic E-state index is 11.1. The molecule has 0 saturated heterocycles. The Hall–Kier alpha value is -0.990. The fourth-order valence-corrected chi connectivity index (χ4v) is 0.944. The predicted octanol–water partition coefficient (Wildman–Crippen LogP) is 2.65. The highest BCUT2D eigenvalue weighted by Crippen LogP contribution is 1.92. The minimum absolute atomic E-state index is 0.113. The van der Waals surface area contributed by atoms with Crippen LogP contribution in [0.25, 0.3) is 0 Å². The third-order valence-corrected chi connectivity index (χ3v) is 1.76. The molecule has 0 aliphatic heterocycles. The van der Waals surface area contributed by atoms with Gasteiger partial charge in [0.05, 0.1) is 0 Å². The molecule has 82 valence electrons. The summed E-state index contributed by atoms with van der Waals surface area (Å²) in [7, 11) is 0. The molecule has 0 saturated carbocycles. The predicted molar refractivity (Wildman–Crippen MR) is 60.0 cm³/mol. The van der Waals surface area contributed by atoms with Gasteiger partial charge in [-0.05, 0) is 12.3 Å². The summed E-state index contributed by atoms with van der Waals surface area (Å²) in [6, 6.07) is -0.113. The minimum Gasteiger partial charge on any atom is -0.338 e. The maximum Gasteiger partial charge on any atom is 0.318 e. The van der Waals surface area contributed by atoms with E-state index in [2.05, 4.69) is 31.4 Å². The molecule has 0 aromatic carbocycles. The van der Waals surface area contributed by atoms with E-state index in [0.717, 1.165) is 13.0 Å². The number of nitrogens with one attached hydrogen (secondary N) is 2. The summed E-state index contributed by atoms with van der Waals surface area (Å²) >= 11 is 0. The average Bonchev–Trinajstić information content (AvgIpc) is 2.12. The molecule has 14 heavy (non-hydrogen) atoms. The van der Waals surface area contributed by atoms with Gasteiger partial charge in [0.25, 0.3) is 0 Å². The van der Waals surface area contributed by atoms with Crippen molar-refractivity contribution in [1.29, 1.82) is 0 Å². The van der Waals surface area contributed by atoms with Crippen molar-refractivity contribution < 1.29 is 4.79 Å². The van der Waals surface area contributed by atoms with Gasteiger partial charge < -0.3 is 10.6 Å². The first-order valence-corrected chi connectivity index (χ1v) is 5.37. The lowest BCUT2D eigenvalue weighted by Gasteiger charge is -2.03. The third kappa shape index (κ3) is 9.10. The molecule has 0 heterocycles. The van der Waals surface area contributed by atoms with Gasteiger partial charge in [-0.2, -0.15) is 0 Å². The highest BCUT2D eigenvalue weighted by Gasteiger charge is 1.94. The monoisotopic (exact) mass is 198 g/mol. The summed E-state index contributed by atoms with van der Waals surface area (Å²) in [6.45, 7) is 7.04. The van der Waals surface area contributed by atoms with E-state index in [0.29, 0.717) is 5.92 Å². The molecular formula is C11H22N2O. The number of hydrogen-bond acceptors (Lipinski definition) is 1. The van der Waals surface area contributed by atoms with Gasteiger partial charge in [-0.1, -0.05) is 39.7 Å². The molecule has 0 aliphatic rings. The van der Waals surface area contributed by atoms with Gasteiger partial charge >= 0.3 is 6.03 Å². The highest BCUT2D eigenvalue weighted by atomic mass is 16.2. The SMILES string of the molecule is CCCCCNC(=O)N/C=C/C(C)C. The molecule has 0 spiro atoms. The van der Waals surface area contributed by atoms with E-state index in [-0.39, 0.29) is 6.03 Å². The number of amides is 2. The van der Waals surface area contributed by atoms with Gasteiger partial charge in [0.1, 0.15) is 0 Å². The van der Waals surface area contributed by atoms with Crippen molar-refractivity contribution in [2.24, 2.45) is 5.92 Å². The molecule has 3 heteroatoms. The Labute approximate surface area is 87.0 Å². The van der Waals surface area contributed by atoms with Crippen LogP contribution in [0.2, 0.25) is 0 Å². The van der Waals surface area contributed by atoms with Crippen LogP contribution in [0, 0.1) is 5.92 Å². The largest absolute Gasteiger partial charge is 0.338 e. The number of carbonyl (C=O) groups is 1. The molecule has 0 rings (SSSR count). The second-order valence-corrected chi connectivity index (χ2v) is 3.71. The van der Waals surface area contributed by atoms with Crippen LogP contribution in [0.1, 0.15) is 40.0 Å². The topological polar surface area (TPSA) is 41.1 Å². The lowest BCUT2D eigenvalue weighted by Crippen LogP contribution is -2.32. The first-order valence-electron chi connectivity index (χ1n) is 5.37. The Kier molecular flexibility index (Phi) is 7.99. The van der Waals surface area contributed by atoms with Gasteiger partial charge in [-0.15, -0.1) is 0 Å². The second kappa shape index (κ2) is 8.60. The lowest BCUT2D eigenvalue weighted by atomic mass is 10.2. The molecule has 3 nitrogen and oxygen atoms in total. The molecule has 0 aromatic rings. The van der Waals surface area contributed by atoms with E-state index in [1.54, 1.807) is 6.20 Å². The van der Waals surface area contributed by atoms with Crippen molar-refractivity contribution >= 4 is 6.03 Å². The number of carbonyl (C=O) groups excluding carboxylic acids is 1. The molecule has 0 bridgehead atoms. The number of unbranched alkanes of at least 4 members (excludes halogenated alkanes) is 2. The summed E-state index contributed by atoms with van der Waals surface area (Å²) in [5, 5.41) is 5.45. The first kappa shape index (κ1) is 13.0. The van der Waals surface area contributed by atoms with E-state index in [1.165, 1.54) is 12.8 Å². The lowest BCUT2D eigenvalue weighted by molar-refractivity contribution is 0.244. The van der Waals surface area contributed by atoms with E-state index < -0.39 is 0 Å². The zero-order valence-electron chi connectivity index (χ0n) is 9.47. The molecular weight excluding hydrogens is 176 g/mol. The van der Waals surface area contributed by atoms with Gasteiger partial charge in [-0.25, -0.2) is 4.79 Å². The van der Waals surface area contributed by atoms with E-state index in [9.17, 15) is 4.79 Å². The van der Waals surface area contributed by atoms with Crippen molar-refractivity contribution in [2.45, 2.75) is 40.0 Å². The van der Waals surface area contributed by atoms with Crippen LogP contribution < -0.4 is 10.6 Å². The van der Waals surface area contributed by atoms with Crippen LogP contribution in [0.5, 0.6) is 0 Å². The Morgan fingerprint density at radius 3 is 2.64 bits per heavy atom. The highest BCUT2D eigenvalue weighted by molar-refractivity contribution is 5.74. The van der Waals surface area contributed by atoms with E-state index in [1.807, 2.05) is 6.08 Å². The Bertz CT molecular complexity index is 176. The number of hydrogen-bond donors (Lipinski definition) is 2. The van der Waals surface area contributed by atoms with Crippen LogP contribution in [0.4, 0.5) is 4.79 Å². The van der Waals surface area contributed by atoms with Gasteiger partial charge in [-0.3, -0.25) is 0 Å². The molecule has 0 aromatic heterocycles. The normalized spacial score (nSPS) is 10.9. The standard InChI is InChI=1S/C11H22N2O/c1-4-5-6-8-12-11(14)13-9-7-10(2)3/h7,9-10H,4-6,8H2,1-3H3,(H2,12,13,14)/b9-7+. The summed E-state index contributed by atoms with van der Waals surface area (Å²) in [4.78, 5) is 11.1. The number of urea groups is 1. The molecule has 0 radical (unpaired) electrons. The van der Waals surface area contributed by atoms with Crippen molar-refractivity contribution in [3.05, 3.63) is 12.3 Å². The fraction of sp³-hybridized carbons (Fsp3) is 0.727. The summed E-state index contributed by atoms with van der Waals surface area (Å²) in [5.41, 5.74) is 0. The first-order chi connectivity index (χ1) is 6.66. The number of rotatable bonds is 6. The van der Waals surface area contributed by atoms with Crippen LogP contribution in [0.3, 0.4) is 0 Å². The summed E-state index contributed by atoms with van der Waals surface area (Å²) < 4.78 is 0. The fourth-order valence-electron chi connectivity index (χ4n) is 0.944. The zero-order chi connectivity index (χ0) is 10.8. The van der Waals surface area contributed by atoms with Crippen LogP contribution in [-0.4, -0.2) is 12.6 Å².